The molecule has 0 aliphatic rings. The number of unbranched alkanes of at least 4 members (excludes halogenated alkanes) is 40. The van der Waals surface area contributed by atoms with Crippen molar-refractivity contribution in [3.8, 4) is 0 Å². The Hall–Kier alpha value is -2.63. The minimum absolute atomic E-state index is 0.0708. The maximum absolute atomic E-state index is 12.9. The van der Waals surface area contributed by atoms with Gasteiger partial charge in [-0.3, -0.25) is 14.4 Å². The standard InChI is InChI=1S/C67H122O6/c1-4-7-10-13-16-19-21-23-25-27-29-30-31-32-33-34-35-36-38-39-41-43-45-48-51-54-57-60-66(69)72-63-64(62-71-65(68)59-56-53-50-47-18-15-12-9-6-3)73-67(70)61-58-55-52-49-46-44-42-40-37-28-26-24-22-20-17-14-11-8-5-2/h21,23-24,26-27,29,31-32,64H,4-20,22,25,28,30,33-63H2,1-3H3/b23-21-,26-24-,29-27-,32-31-. The minimum Gasteiger partial charge on any atom is -0.462 e. The van der Waals surface area contributed by atoms with Gasteiger partial charge in [0.1, 0.15) is 13.2 Å². The largest absolute Gasteiger partial charge is 0.462 e. The maximum atomic E-state index is 12.9. The third-order valence-electron chi connectivity index (χ3n) is 14.3. The second-order valence-corrected chi connectivity index (χ2v) is 21.7. The van der Waals surface area contributed by atoms with Crippen LogP contribution in [0.5, 0.6) is 0 Å². The van der Waals surface area contributed by atoms with Gasteiger partial charge in [-0.15, -0.1) is 0 Å². The second kappa shape index (κ2) is 61.9. The van der Waals surface area contributed by atoms with Gasteiger partial charge < -0.3 is 14.2 Å². The predicted molar refractivity (Wildman–Crippen MR) is 316 cm³/mol. The van der Waals surface area contributed by atoms with Crippen LogP contribution in [0.25, 0.3) is 0 Å². The van der Waals surface area contributed by atoms with Gasteiger partial charge in [-0.05, 0) is 83.5 Å². The van der Waals surface area contributed by atoms with E-state index in [9.17, 15) is 14.4 Å². The quantitative estimate of drug-likeness (QED) is 0.0261. The molecule has 73 heavy (non-hydrogen) atoms. The molecule has 0 N–H and O–H groups in total. The topological polar surface area (TPSA) is 78.9 Å². The van der Waals surface area contributed by atoms with Crippen molar-refractivity contribution in [3.05, 3.63) is 48.6 Å². The van der Waals surface area contributed by atoms with Gasteiger partial charge in [-0.1, -0.05) is 288 Å². The van der Waals surface area contributed by atoms with Crippen LogP contribution in [0.3, 0.4) is 0 Å². The van der Waals surface area contributed by atoms with Crippen LogP contribution in [0.2, 0.25) is 0 Å². The Balaban J connectivity index is 4.17. The van der Waals surface area contributed by atoms with E-state index in [1.807, 2.05) is 0 Å². The van der Waals surface area contributed by atoms with Crippen LogP contribution in [0, 0.1) is 0 Å². The van der Waals surface area contributed by atoms with Gasteiger partial charge in [0.2, 0.25) is 0 Å². The number of ether oxygens (including phenoxy) is 3. The average Bonchev–Trinajstić information content (AvgIpc) is 3.39. The molecule has 0 aromatic carbocycles. The lowest BCUT2D eigenvalue weighted by Crippen LogP contribution is -2.30. The molecule has 0 radical (unpaired) electrons. The first-order chi connectivity index (χ1) is 36.0. The Labute approximate surface area is 454 Å². The summed E-state index contributed by atoms with van der Waals surface area (Å²) in [5.41, 5.74) is 0. The van der Waals surface area contributed by atoms with Crippen LogP contribution < -0.4 is 0 Å². The summed E-state index contributed by atoms with van der Waals surface area (Å²) in [6.45, 7) is 6.65. The van der Waals surface area contributed by atoms with E-state index in [1.54, 1.807) is 0 Å². The number of hydrogen-bond donors (Lipinski definition) is 0. The first-order valence-electron chi connectivity index (χ1n) is 32.1. The molecular formula is C67H122O6. The van der Waals surface area contributed by atoms with Gasteiger partial charge in [0.25, 0.3) is 0 Å². The fraction of sp³-hybridized carbons (Fsp3) is 0.836. The zero-order valence-electron chi connectivity index (χ0n) is 48.9. The van der Waals surface area contributed by atoms with Crippen molar-refractivity contribution in [2.24, 2.45) is 0 Å². The lowest BCUT2D eigenvalue weighted by molar-refractivity contribution is -0.167. The fourth-order valence-corrected chi connectivity index (χ4v) is 9.45. The molecule has 0 aliphatic carbocycles. The zero-order valence-corrected chi connectivity index (χ0v) is 48.9. The molecule has 0 amide bonds. The predicted octanol–water partition coefficient (Wildman–Crippen LogP) is 21.8. The Morgan fingerprint density at radius 3 is 0.781 bits per heavy atom. The van der Waals surface area contributed by atoms with E-state index in [0.717, 1.165) is 70.6 Å². The van der Waals surface area contributed by atoms with Gasteiger partial charge in [-0.2, -0.15) is 0 Å². The first kappa shape index (κ1) is 70.4. The molecule has 6 nitrogen and oxygen atoms in total. The van der Waals surface area contributed by atoms with Crippen molar-refractivity contribution in [1.82, 2.24) is 0 Å². The third-order valence-corrected chi connectivity index (χ3v) is 14.3. The summed E-state index contributed by atoms with van der Waals surface area (Å²) in [6.07, 6.45) is 77.0. The minimum atomic E-state index is -0.772. The zero-order chi connectivity index (χ0) is 52.9. The van der Waals surface area contributed by atoms with Crippen LogP contribution in [0.1, 0.15) is 342 Å². The molecule has 426 valence electrons. The molecule has 6 heteroatoms. The van der Waals surface area contributed by atoms with E-state index in [0.29, 0.717) is 19.3 Å². The molecule has 1 unspecified atom stereocenters. The van der Waals surface area contributed by atoms with Crippen LogP contribution in [-0.2, 0) is 28.6 Å². The van der Waals surface area contributed by atoms with Crippen molar-refractivity contribution in [1.29, 1.82) is 0 Å². The fourth-order valence-electron chi connectivity index (χ4n) is 9.45. The van der Waals surface area contributed by atoms with E-state index >= 15 is 0 Å². The lowest BCUT2D eigenvalue weighted by atomic mass is 10.0. The Bertz CT molecular complexity index is 1270. The molecule has 0 rings (SSSR count). The summed E-state index contributed by atoms with van der Waals surface area (Å²) >= 11 is 0. The smallest absolute Gasteiger partial charge is 0.306 e. The summed E-state index contributed by atoms with van der Waals surface area (Å²) in [4.78, 5) is 38.2. The molecule has 0 heterocycles. The Morgan fingerprint density at radius 2 is 0.493 bits per heavy atom. The van der Waals surface area contributed by atoms with E-state index in [2.05, 4.69) is 69.4 Å². The van der Waals surface area contributed by atoms with E-state index in [4.69, 9.17) is 14.2 Å². The van der Waals surface area contributed by atoms with Crippen molar-refractivity contribution >= 4 is 17.9 Å². The molecular weight excluding hydrogens is 901 g/mol. The van der Waals surface area contributed by atoms with Crippen molar-refractivity contribution < 1.29 is 28.6 Å². The highest BCUT2D eigenvalue weighted by molar-refractivity contribution is 5.71. The molecule has 1 atom stereocenters. The normalized spacial score (nSPS) is 12.3. The van der Waals surface area contributed by atoms with Crippen LogP contribution in [0.15, 0.2) is 48.6 Å². The Kier molecular flexibility index (Phi) is 59.7. The molecule has 0 saturated heterocycles. The summed E-state index contributed by atoms with van der Waals surface area (Å²) in [5, 5.41) is 0. The summed E-state index contributed by atoms with van der Waals surface area (Å²) < 4.78 is 16.9. The monoisotopic (exact) mass is 1020 g/mol. The van der Waals surface area contributed by atoms with Crippen molar-refractivity contribution in [2.75, 3.05) is 13.2 Å². The average molecular weight is 1020 g/mol. The number of hydrogen-bond acceptors (Lipinski definition) is 6. The lowest BCUT2D eigenvalue weighted by Gasteiger charge is -2.18. The third kappa shape index (κ3) is 60.1. The van der Waals surface area contributed by atoms with Gasteiger partial charge in [0, 0.05) is 19.3 Å². The molecule has 0 spiro atoms. The molecule has 0 aromatic rings. The van der Waals surface area contributed by atoms with E-state index in [-0.39, 0.29) is 31.1 Å². The highest BCUT2D eigenvalue weighted by Crippen LogP contribution is 2.17. The molecule has 0 bridgehead atoms. The van der Waals surface area contributed by atoms with Gasteiger partial charge in [-0.25, -0.2) is 0 Å². The van der Waals surface area contributed by atoms with Gasteiger partial charge in [0.15, 0.2) is 6.10 Å². The van der Waals surface area contributed by atoms with E-state index in [1.165, 1.54) is 231 Å². The summed E-state index contributed by atoms with van der Waals surface area (Å²) in [5.74, 6) is -0.859. The number of carbonyl (C=O) groups is 3. The maximum Gasteiger partial charge on any atom is 0.306 e. The molecule has 0 fully saturated rings. The van der Waals surface area contributed by atoms with Crippen LogP contribution >= 0.6 is 0 Å². The van der Waals surface area contributed by atoms with Gasteiger partial charge >= 0.3 is 17.9 Å². The number of carbonyl (C=O) groups excluding carboxylic acids is 3. The highest BCUT2D eigenvalue weighted by atomic mass is 16.6. The number of allylic oxidation sites excluding steroid dienone is 8. The molecule has 0 aromatic heterocycles. The van der Waals surface area contributed by atoms with Crippen molar-refractivity contribution in [3.63, 3.8) is 0 Å². The highest BCUT2D eigenvalue weighted by Gasteiger charge is 2.19. The second-order valence-electron chi connectivity index (χ2n) is 21.7. The Morgan fingerprint density at radius 1 is 0.274 bits per heavy atom. The number of esters is 3. The van der Waals surface area contributed by atoms with Crippen LogP contribution in [0.4, 0.5) is 0 Å². The first-order valence-corrected chi connectivity index (χ1v) is 32.1. The van der Waals surface area contributed by atoms with Crippen molar-refractivity contribution in [2.45, 2.75) is 348 Å². The SMILES string of the molecule is CCCCCCC/C=C\C/C=C\C/C=C\CCCCCCCCCCCCCCC(=O)OCC(COC(=O)CCCCCCCCCCC)OC(=O)CCCCCCCCCCC/C=C\CCCCCCCC. The number of rotatable bonds is 59. The van der Waals surface area contributed by atoms with E-state index < -0.39 is 6.10 Å². The molecule has 0 saturated carbocycles. The van der Waals surface area contributed by atoms with Gasteiger partial charge in [0.05, 0.1) is 0 Å². The summed E-state index contributed by atoms with van der Waals surface area (Å²) in [6, 6.07) is 0. The van der Waals surface area contributed by atoms with Crippen LogP contribution in [-0.4, -0.2) is 37.2 Å². The summed E-state index contributed by atoms with van der Waals surface area (Å²) in [7, 11) is 0. The molecule has 0 aliphatic heterocycles.